The summed E-state index contributed by atoms with van der Waals surface area (Å²) in [6.07, 6.45) is 1.80. The summed E-state index contributed by atoms with van der Waals surface area (Å²) < 4.78 is 1.19. The maximum atomic E-state index is 13.0. The first kappa shape index (κ1) is 20.5. The van der Waals surface area contributed by atoms with E-state index in [2.05, 4.69) is 76.8 Å². The molecule has 164 valence electrons. The van der Waals surface area contributed by atoms with Gasteiger partial charge in [-0.15, -0.1) is 11.3 Å². The molecule has 0 fully saturated rings. The highest BCUT2D eigenvalue weighted by Gasteiger charge is 2.17. The van der Waals surface area contributed by atoms with Gasteiger partial charge < -0.3 is 10.7 Å². The van der Waals surface area contributed by atoms with E-state index in [0.29, 0.717) is 10.9 Å². The van der Waals surface area contributed by atoms with E-state index in [9.17, 15) is 4.79 Å². The minimum atomic E-state index is -0.138. The molecule has 4 nitrogen and oxygen atoms in total. The molecule has 3 aromatic carbocycles. The molecule has 0 aliphatic rings. The Morgan fingerprint density at radius 2 is 1.65 bits per heavy atom. The van der Waals surface area contributed by atoms with E-state index in [1.807, 2.05) is 24.3 Å². The summed E-state index contributed by atoms with van der Waals surface area (Å²) in [6.45, 7) is 0.737. The van der Waals surface area contributed by atoms with Crippen molar-refractivity contribution >= 4 is 32.3 Å². The summed E-state index contributed by atoms with van der Waals surface area (Å²) in [7, 11) is 0. The minimum absolute atomic E-state index is 0.138. The molecular formula is C29H22N3OS+. The molecule has 5 heteroatoms. The molecule has 6 aromatic rings. The monoisotopic (exact) mass is 460 g/mol. The number of aromatic amines is 1. The summed E-state index contributed by atoms with van der Waals surface area (Å²) in [5, 5.41) is 3.87. The van der Waals surface area contributed by atoms with E-state index >= 15 is 0 Å². The molecule has 4 N–H and O–H groups in total. The number of hydrogen-bond donors (Lipinski definition) is 2. The van der Waals surface area contributed by atoms with Crippen molar-refractivity contribution in [2.24, 2.45) is 0 Å². The second-order valence-corrected chi connectivity index (χ2v) is 9.19. The number of rotatable bonds is 4. The van der Waals surface area contributed by atoms with Gasteiger partial charge in [-0.3, -0.25) is 4.79 Å². The van der Waals surface area contributed by atoms with Gasteiger partial charge in [0.05, 0.1) is 23.1 Å². The third kappa shape index (κ3) is 3.43. The zero-order chi connectivity index (χ0) is 23.1. The lowest BCUT2D eigenvalue weighted by molar-refractivity contribution is -0.386. The lowest BCUT2D eigenvalue weighted by Gasteiger charge is -2.14. The normalized spacial score (nSPS) is 11.3. The molecule has 0 amide bonds. The molecular weight excluding hydrogens is 438 g/mol. The SMILES string of the molecule is [NH3+]Cc1ccc(-c2nc3c(-c4cccc5ccsc45)c[nH]c(=O)c3cc2-c2ccccc2)cc1. The summed E-state index contributed by atoms with van der Waals surface area (Å²) in [5.74, 6) is 0. The number of quaternary nitrogens is 1. The van der Waals surface area contributed by atoms with Crippen molar-refractivity contribution in [3.63, 3.8) is 0 Å². The third-order valence-corrected chi connectivity index (χ3v) is 7.20. The largest absolute Gasteiger partial charge is 0.354 e. The zero-order valence-corrected chi connectivity index (χ0v) is 19.2. The molecule has 0 spiro atoms. The number of nitrogens with one attached hydrogen (secondary N) is 1. The van der Waals surface area contributed by atoms with E-state index in [-0.39, 0.29) is 5.56 Å². The standard InChI is InChI=1S/C29H21N3OS/c30-16-18-9-11-20(12-10-18)26-23(19-5-2-1-3-6-19)15-24-27(32-26)25(17-31-29(24)33)22-8-4-7-21-13-14-34-28(21)22/h1-15,17H,16,30H2,(H,31,33)/p+1. The average Bonchev–Trinajstić information content (AvgIpc) is 3.38. The van der Waals surface area contributed by atoms with Crippen molar-refractivity contribution in [2.45, 2.75) is 6.54 Å². The molecule has 0 atom stereocenters. The van der Waals surface area contributed by atoms with Gasteiger partial charge in [-0.2, -0.15) is 0 Å². The van der Waals surface area contributed by atoms with E-state index in [0.717, 1.165) is 40.1 Å². The number of pyridine rings is 2. The second kappa shape index (κ2) is 8.37. The fourth-order valence-corrected chi connectivity index (χ4v) is 5.40. The highest BCUT2D eigenvalue weighted by atomic mass is 32.1. The van der Waals surface area contributed by atoms with Crippen LogP contribution in [0.2, 0.25) is 0 Å². The van der Waals surface area contributed by atoms with Crippen molar-refractivity contribution < 1.29 is 5.73 Å². The molecule has 0 saturated carbocycles. The molecule has 0 saturated heterocycles. The summed E-state index contributed by atoms with van der Waals surface area (Å²) in [4.78, 5) is 21.1. The number of aromatic nitrogens is 2. The number of hydrogen-bond acceptors (Lipinski definition) is 3. The lowest BCUT2D eigenvalue weighted by Crippen LogP contribution is -2.47. The molecule has 6 rings (SSSR count). The van der Waals surface area contributed by atoms with Crippen LogP contribution >= 0.6 is 11.3 Å². The molecule has 3 heterocycles. The molecule has 0 aliphatic carbocycles. The van der Waals surface area contributed by atoms with Gasteiger partial charge in [-0.1, -0.05) is 72.8 Å². The van der Waals surface area contributed by atoms with Gasteiger partial charge in [-0.25, -0.2) is 4.98 Å². The van der Waals surface area contributed by atoms with Crippen LogP contribution in [0.25, 0.3) is 54.5 Å². The van der Waals surface area contributed by atoms with Crippen LogP contribution in [0.3, 0.4) is 0 Å². The van der Waals surface area contributed by atoms with Crippen LogP contribution in [0.1, 0.15) is 5.56 Å². The minimum Gasteiger partial charge on any atom is -0.354 e. The van der Waals surface area contributed by atoms with E-state index in [4.69, 9.17) is 4.98 Å². The molecule has 3 aromatic heterocycles. The number of nitrogens with zero attached hydrogens (tertiary/aromatic N) is 1. The van der Waals surface area contributed by atoms with Gasteiger partial charge in [0.15, 0.2) is 0 Å². The summed E-state index contributed by atoms with van der Waals surface area (Å²) >= 11 is 1.70. The average molecular weight is 461 g/mol. The first-order valence-electron chi connectivity index (χ1n) is 11.2. The Bertz CT molecular complexity index is 1700. The van der Waals surface area contributed by atoms with Crippen LogP contribution in [-0.2, 0) is 6.54 Å². The first-order chi connectivity index (χ1) is 16.7. The Balaban J connectivity index is 1.69. The third-order valence-electron chi connectivity index (χ3n) is 6.24. The molecule has 0 unspecified atom stereocenters. The van der Waals surface area contributed by atoms with Crippen molar-refractivity contribution in [3.8, 4) is 33.5 Å². The topological polar surface area (TPSA) is 73.4 Å². The predicted octanol–water partition coefficient (Wildman–Crippen LogP) is 5.88. The highest BCUT2D eigenvalue weighted by Crippen LogP contribution is 2.38. The van der Waals surface area contributed by atoms with Gasteiger partial charge in [0.1, 0.15) is 0 Å². The van der Waals surface area contributed by atoms with Crippen LogP contribution in [0.15, 0.2) is 101 Å². The van der Waals surface area contributed by atoms with E-state index in [1.165, 1.54) is 15.6 Å². The Hall–Kier alpha value is -4.06. The second-order valence-electron chi connectivity index (χ2n) is 8.27. The smallest absolute Gasteiger partial charge is 0.257 e. The van der Waals surface area contributed by atoms with Crippen LogP contribution in [0, 0.1) is 0 Å². The van der Waals surface area contributed by atoms with Gasteiger partial charge in [0, 0.05) is 38.7 Å². The number of thiophene rings is 1. The summed E-state index contributed by atoms with van der Waals surface area (Å²) in [6, 6.07) is 28.9. The molecule has 34 heavy (non-hydrogen) atoms. The molecule has 0 radical (unpaired) electrons. The summed E-state index contributed by atoms with van der Waals surface area (Å²) in [5.41, 5.74) is 11.6. The number of fused-ring (bicyclic) bond motifs is 2. The maximum Gasteiger partial charge on any atom is 0.257 e. The Kier molecular flexibility index (Phi) is 5.06. The fourth-order valence-electron chi connectivity index (χ4n) is 4.47. The van der Waals surface area contributed by atoms with Crippen LogP contribution in [0.5, 0.6) is 0 Å². The van der Waals surface area contributed by atoms with Crippen molar-refractivity contribution in [3.05, 3.63) is 112 Å². The Morgan fingerprint density at radius 3 is 2.44 bits per heavy atom. The van der Waals surface area contributed by atoms with E-state index in [1.54, 1.807) is 17.5 Å². The Labute approximate surface area is 200 Å². The van der Waals surface area contributed by atoms with Crippen LogP contribution in [-0.4, -0.2) is 9.97 Å². The number of benzene rings is 3. The highest BCUT2D eigenvalue weighted by molar-refractivity contribution is 7.17. The van der Waals surface area contributed by atoms with Crippen LogP contribution in [0.4, 0.5) is 0 Å². The van der Waals surface area contributed by atoms with Gasteiger partial charge in [-0.05, 0) is 28.5 Å². The maximum absolute atomic E-state index is 13.0. The molecule has 0 aliphatic heterocycles. The van der Waals surface area contributed by atoms with Crippen molar-refractivity contribution in [1.82, 2.24) is 9.97 Å². The van der Waals surface area contributed by atoms with Gasteiger partial charge >= 0.3 is 0 Å². The zero-order valence-electron chi connectivity index (χ0n) is 18.4. The fraction of sp³-hybridized carbons (Fsp3) is 0.0345. The Morgan fingerprint density at radius 1 is 0.824 bits per heavy atom. The van der Waals surface area contributed by atoms with Crippen molar-refractivity contribution in [2.75, 3.05) is 0 Å². The van der Waals surface area contributed by atoms with Crippen molar-refractivity contribution in [1.29, 1.82) is 0 Å². The predicted molar refractivity (Wildman–Crippen MR) is 141 cm³/mol. The molecule has 0 bridgehead atoms. The number of H-pyrrole nitrogens is 1. The lowest BCUT2D eigenvalue weighted by atomic mass is 9.95. The first-order valence-corrected chi connectivity index (χ1v) is 12.1. The van der Waals surface area contributed by atoms with Crippen LogP contribution < -0.4 is 11.3 Å². The van der Waals surface area contributed by atoms with Gasteiger partial charge in [0.2, 0.25) is 0 Å². The van der Waals surface area contributed by atoms with E-state index < -0.39 is 0 Å². The quantitative estimate of drug-likeness (QED) is 0.345. The van der Waals surface area contributed by atoms with Gasteiger partial charge in [0.25, 0.3) is 5.56 Å².